The molecule has 116 valence electrons. The number of hydrazone groups is 1. The summed E-state index contributed by atoms with van der Waals surface area (Å²) in [6.07, 6.45) is 3.27. The molecule has 0 unspecified atom stereocenters. The third kappa shape index (κ3) is 3.23. The lowest BCUT2D eigenvalue weighted by Gasteiger charge is -2.00. The fraction of sp³-hybridized carbons (Fsp3) is 0.0588. The summed E-state index contributed by atoms with van der Waals surface area (Å²) < 4.78 is 1.91. The maximum Gasteiger partial charge on any atom is 0.273 e. The first-order valence-corrected chi connectivity index (χ1v) is 7.64. The van der Waals surface area contributed by atoms with Crippen LogP contribution in [-0.4, -0.2) is 16.7 Å². The van der Waals surface area contributed by atoms with E-state index >= 15 is 0 Å². The van der Waals surface area contributed by atoms with Gasteiger partial charge in [-0.05, 0) is 18.2 Å². The summed E-state index contributed by atoms with van der Waals surface area (Å²) in [5.41, 5.74) is 4.76. The van der Waals surface area contributed by atoms with E-state index in [1.165, 1.54) is 6.21 Å². The lowest BCUT2D eigenvalue weighted by Crippen LogP contribution is -2.17. The van der Waals surface area contributed by atoms with Gasteiger partial charge in [0.05, 0.1) is 16.8 Å². The minimum Gasteiger partial charge on any atom is -0.350 e. The zero-order valence-electron chi connectivity index (χ0n) is 12.3. The summed E-state index contributed by atoms with van der Waals surface area (Å²) in [7, 11) is 1.90. The van der Waals surface area contributed by atoms with E-state index in [2.05, 4.69) is 10.5 Å². The van der Waals surface area contributed by atoms with E-state index in [0.717, 1.165) is 10.9 Å². The largest absolute Gasteiger partial charge is 0.350 e. The molecule has 1 N–H and O–H groups in total. The van der Waals surface area contributed by atoms with Gasteiger partial charge in [-0.25, -0.2) is 5.43 Å². The second-order valence-corrected chi connectivity index (χ2v) is 5.88. The van der Waals surface area contributed by atoms with Crippen LogP contribution in [0.15, 0.2) is 53.8 Å². The molecule has 0 saturated carbocycles. The summed E-state index contributed by atoms with van der Waals surface area (Å²) in [4.78, 5) is 12.3. The van der Waals surface area contributed by atoms with Gasteiger partial charge in [-0.15, -0.1) is 0 Å². The monoisotopic (exact) mass is 345 g/mol. The lowest BCUT2D eigenvalue weighted by molar-refractivity contribution is 0.0956. The molecule has 0 atom stereocenters. The molecule has 1 heterocycles. The van der Waals surface area contributed by atoms with E-state index in [1.807, 2.05) is 35.9 Å². The van der Waals surface area contributed by atoms with Crippen molar-refractivity contribution < 1.29 is 4.79 Å². The van der Waals surface area contributed by atoms with Crippen molar-refractivity contribution in [3.05, 3.63) is 69.8 Å². The van der Waals surface area contributed by atoms with Crippen molar-refractivity contribution in [1.82, 2.24) is 9.99 Å². The summed E-state index contributed by atoms with van der Waals surface area (Å²) in [5, 5.41) is 5.87. The maximum atomic E-state index is 12.3. The lowest BCUT2D eigenvalue weighted by atomic mass is 10.2. The molecule has 0 fully saturated rings. The highest BCUT2D eigenvalue weighted by molar-refractivity contribution is 6.36. The molecule has 2 aromatic carbocycles. The number of nitrogens with zero attached hydrogens (tertiary/aromatic N) is 2. The highest BCUT2D eigenvalue weighted by atomic mass is 35.5. The number of aryl methyl sites for hydroxylation is 1. The zero-order chi connectivity index (χ0) is 16.4. The first kappa shape index (κ1) is 15.6. The quantitative estimate of drug-likeness (QED) is 0.559. The van der Waals surface area contributed by atoms with E-state index in [-0.39, 0.29) is 5.91 Å². The molecule has 0 aliphatic heterocycles. The molecule has 1 amide bonds. The molecule has 0 spiro atoms. The standard InChI is InChI=1S/C17H13Cl2N3O/c1-22-10-14(13-4-2-3-5-16(13)22)17(23)21-20-9-11-6-7-12(18)8-15(11)19/h2-10H,1H3,(H,21,23)/b20-9+. The van der Waals surface area contributed by atoms with Crippen LogP contribution < -0.4 is 5.43 Å². The van der Waals surface area contributed by atoms with Crippen LogP contribution in [-0.2, 0) is 7.05 Å². The predicted octanol–water partition coefficient (Wildman–Crippen LogP) is 4.25. The molecule has 0 saturated heterocycles. The summed E-state index contributed by atoms with van der Waals surface area (Å²) in [6, 6.07) is 12.8. The Kier molecular flexibility index (Phi) is 4.37. The van der Waals surface area contributed by atoms with Crippen LogP contribution >= 0.6 is 23.2 Å². The van der Waals surface area contributed by atoms with E-state index in [0.29, 0.717) is 21.2 Å². The Hall–Kier alpha value is -2.30. The Balaban J connectivity index is 1.80. The topological polar surface area (TPSA) is 46.4 Å². The number of nitrogens with one attached hydrogen (secondary N) is 1. The van der Waals surface area contributed by atoms with Crippen molar-refractivity contribution in [1.29, 1.82) is 0 Å². The first-order chi connectivity index (χ1) is 11.1. The molecule has 0 radical (unpaired) electrons. The molecule has 0 aliphatic rings. The summed E-state index contributed by atoms with van der Waals surface area (Å²) >= 11 is 11.9. The molecule has 6 heteroatoms. The molecular weight excluding hydrogens is 333 g/mol. The first-order valence-electron chi connectivity index (χ1n) is 6.89. The van der Waals surface area contributed by atoms with Crippen molar-refractivity contribution >= 4 is 46.2 Å². The van der Waals surface area contributed by atoms with E-state index in [1.54, 1.807) is 24.4 Å². The highest BCUT2D eigenvalue weighted by Crippen LogP contribution is 2.21. The second-order valence-electron chi connectivity index (χ2n) is 5.04. The van der Waals surface area contributed by atoms with E-state index in [4.69, 9.17) is 23.2 Å². The van der Waals surface area contributed by atoms with Gasteiger partial charge in [-0.3, -0.25) is 4.79 Å². The van der Waals surface area contributed by atoms with E-state index in [9.17, 15) is 4.79 Å². The normalized spacial score (nSPS) is 11.3. The van der Waals surface area contributed by atoms with Crippen molar-refractivity contribution in [3.8, 4) is 0 Å². The number of rotatable bonds is 3. The second kappa shape index (κ2) is 6.44. The molecule has 0 bridgehead atoms. The molecule has 3 aromatic rings. The number of aromatic nitrogens is 1. The Morgan fingerprint density at radius 2 is 2.00 bits per heavy atom. The molecule has 4 nitrogen and oxygen atoms in total. The van der Waals surface area contributed by atoms with Crippen molar-refractivity contribution in [2.75, 3.05) is 0 Å². The molecule has 23 heavy (non-hydrogen) atoms. The average Bonchev–Trinajstić information content (AvgIpc) is 2.87. The minimum atomic E-state index is -0.275. The predicted molar refractivity (Wildman–Crippen MR) is 94.4 cm³/mol. The molecule has 0 aliphatic carbocycles. The number of fused-ring (bicyclic) bond motifs is 1. The number of carbonyl (C=O) groups excluding carboxylic acids is 1. The number of amides is 1. The van der Waals surface area contributed by atoms with Gasteiger partial charge in [0.15, 0.2) is 0 Å². The van der Waals surface area contributed by atoms with Gasteiger partial charge in [-0.1, -0.05) is 47.5 Å². The van der Waals surface area contributed by atoms with E-state index < -0.39 is 0 Å². The third-order valence-electron chi connectivity index (χ3n) is 3.47. The number of benzene rings is 2. The van der Waals surface area contributed by atoms with Crippen LogP contribution in [0.5, 0.6) is 0 Å². The van der Waals surface area contributed by atoms with Crippen LogP contribution in [0.4, 0.5) is 0 Å². The number of para-hydroxylation sites is 1. The van der Waals surface area contributed by atoms with Gasteiger partial charge < -0.3 is 4.57 Å². The number of hydrogen-bond donors (Lipinski definition) is 1. The molecular formula is C17H13Cl2N3O. The third-order valence-corrected chi connectivity index (χ3v) is 4.04. The zero-order valence-corrected chi connectivity index (χ0v) is 13.8. The number of hydrogen-bond acceptors (Lipinski definition) is 2. The Morgan fingerprint density at radius 3 is 2.78 bits per heavy atom. The van der Waals surface area contributed by atoms with Crippen molar-refractivity contribution in [2.24, 2.45) is 12.1 Å². The van der Waals surface area contributed by atoms with Crippen molar-refractivity contribution in [2.45, 2.75) is 0 Å². The summed E-state index contributed by atoms with van der Waals surface area (Å²) in [5.74, 6) is -0.275. The SMILES string of the molecule is Cn1cc(C(=O)N/N=C/c2ccc(Cl)cc2Cl)c2ccccc21. The van der Waals surface area contributed by atoms with Gasteiger partial charge in [0.25, 0.3) is 5.91 Å². The van der Waals surface area contributed by atoms with Crippen molar-refractivity contribution in [3.63, 3.8) is 0 Å². The Labute approximate surface area is 143 Å². The van der Waals surface area contributed by atoms with Crippen LogP contribution in [0.1, 0.15) is 15.9 Å². The number of halogens is 2. The van der Waals surface area contributed by atoms with Gasteiger partial charge in [0.1, 0.15) is 0 Å². The molecule has 3 rings (SSSR count). The van der Waals surface area contributed by atoms with Crippen LogP contribution in [0.2, 0.25) is 10.0 Å². The molecule has 1 aromatic heterocycles. The highest BCUT2D eigenvalue weighted by Gasteiger charge is 2.12. The van der Waals surface area contributed by atoms with Gasteiger partial charge >= 0.3 is 0 Å². The Morgan fingerprint density at radius 1 is 1.22 bits per heavy atom. The van der Waals surface area contributed by atoms with Gasteiger partial charge in [0, 0.05) is 34.7 Å². The fourth-order valence-electron chi connectivity index (χ4n) is 2.35. The van der Waals surface area contributed by atoms with Gasteiger partial charge in [0.2, 0.25) is 0 Å². The maximum absolute atomic E-state index is 12.3. The Bertz CT molecular complexity index is 915. The fourth-order valence-corrected chi connectivity index (χ4v) is 2.81. The average molecular weight is 346 g/mol. The van der Waals surface area contributed by atoms with Crippen LogP contribution in [0.25, 0.3) is 10.9 Å². The van der Waals surface area contributed by atoms with Gasteiger partial charge in [-0.2, -0.15) is 5.10 Å². The number of carbonyl (C=O) groups is 1. The smallest absolute Gasteiger partial charge is 0.273 e. The van der Waals surface area contributed by atoms with Crippen LogP contribution in [0.3, 0.4) is 0 Å². The van der Waals surface area contributed by atoms with Crippen LogP contribution in [0, 0.1) is 0 Å². The summed E-state index contributed by atoms with van der Waals surface area (Å²) in [6.45, 7) is 0. The minimum absolute atomic E-state index is 0.275.